The Labute approximate surface area is 258 Å². The smallest absolute Gasteiger partial charge is 0.204 e. The summed E-state index contributed by atoms with van der Waals surface area (Å²) in [6, 6.07) is 20.5. The Kier molecular flexibility index (Phi) is 7.48. The molecule has 228 valence electrons. The number of nitrogens with zero attached hydrogens (tertiary/aromatic N) is 1. The van der Waals surface area contributed by atoms with Crippen molar-refractivity contribution < 1.29 is 28.8 Å². The van der Waals surface area contributed by atoms with Crippen molar-refractivity contribution in [2.75, 3.05) is 41.5 Å². The monoisotopic (exact) mass is 594 g/mol. The van der Waals surface area contributed by atoms with E-state index in [4.69, 9.17) is 23.7 Å². The molecule has 4 aromatic carbocycles. The van der Waals surface area contributed by atoms with E-state index in [0.717, 1.165) is 54.8 Å². The molecule has 0 saturated carbocycles. The molecule has 0 radical (unpaired) electrons. The van der Waals surface area contributed by atoms with Crippen LogP contribution in [0.4, 0.5) is 0 Å². The van der Waals surface area contributed by atoms with Crippen molar-refractivity contribution in [3.8, 4) is 46.0 Å². The van der Waals surface area contributed by atoms with Gasteiger partial charge >= 0.3 is 0 Å². The summed E-state index contributed by atoms with van der Waals surface area (Å²) in [6.45, 7) is 1.70. The molecule has 0 fully saturated rings. The van der Waals surface area contributed by atoms with Crippen LogP contribution < -0.4 is 29.0 Å². The Morgan fingerprint density at radius 1 is 0.795 bits per heavy atom. The largest absolute Gasteiger partial charge is 0.504 e. The van der Waals surface area contributed by atoms with Crippen LogP contribution in [0, 0.1) is 0 Å². The maximum absolute atomic E-state index is 11.1. The second-order valence-electron chi connectivity index (χ2n) is 11.8. The summed E-state index contributed by atoms with van der Waals surface area (Å²) in [6.07, 6.45) is 3.15. The highest BCUT2D eigenvalue weighted by molar-refractivity contribution is 5.63. The molecule has 0 aliphatic carbocycles. The summed E-state index contributed by atoms with van der Waals surface area (Å²) in [7, 11) is 7.02. The zero-order valence-electron chi connectivity index (χ0n) is 25.6. The fourth-order valence-corrected chi connectivity index (χ4v) is 6.88. The molecule has 2 atom stereocenters. The van der Waals surface area contributed by atoms with Crippen molar-refractivity contribution in [3.63, 3.8) is 0 Å². The predicted octanol–water partition coefficient (Wildman–Crippen LogP) is 6.52. The lowest BCUT2D eigenvalue weighted by molar-refractivity contribution is 0.221. The minimum absolute atomic E-state index is 0.0527. The average Bonchev–Trinajstić information content (AvgIpc) is 3.03. The first-order valence-corrected chi connectivity index (χ1v) is 15.1. The third kappa shape index (κ3) is 5.08. The highest BCUT2D eigenvalue weighted by atomic mass is 16.5. The van der Waals surface area contributed by atoms with Gasteiger partial charge in [-0.15, -0.1) is 0 Å². The Morgan fingerprint density at radius 2 is 1.57 bits per heavy atom. The molecule has 4 aromatic rings. The van der Waals surface area contributed by atoms with Crippen molar-refractivity contribution in [2.24, 2.45) is 0 Å². The minimum Gasteiger partial charge on any atom is -0.504 e. The van der Waals surface area contributed by atoms with Gasteiger partial charge in [0.05, 0.1) is 21.3 Å². The Morgan fingerprint density at radius 3 is 2.34 bits per heavy atom. The normalized spacial score (nSPS) is 19.1. The van der Waals surface area contributed by atoms with Crippen molar-refractivity contribution in [1.82, 2.24) is 10.2 Å². The van der Waals surface area contributed by atoms with E-state index in [-0.39, 0.29) is 17.8 Å². The van der Waals surface area contributed by atoms with Gasteiger partial charge in [0, 0.05) is 24.2 Å². The topological polar surface area (TPSA) is 81.7 Å². The first kappa shape index (κ1) is 28.4. The molecule has 8 bridgehead atoms. The molecular weight excluding hydrogens is 556 g/mol. The lowest BCUT2D eigenvalue weighted by Gasteiger charge is -2.36. The first-order chi connectivity index (χ1) is 21.4. The summed E-state index contributed by atoms with van der Waals surface area (Å²) in [5, 5.41) is 14.8. The average molecular weight is 595 g/mol. The fourth-order valence-electron chi connectivity index (χ4n) is 6.88. The van der Waals surface area contributed by atoms with Crippen molar-refractivity contribution >= 4 is 0 Å². The predicted molar refractivity (Wildman–Crippen MR) is 168 cm³/mol. The summed E-state index contributed by atoms with van der Waals surface area (Å²) in [5.41, 5.74) is 6.74. The Hall–Kier alpha value is -4.40. The van der Waals surface area contributed by atoms with Gasteiger partial charge in [0.1, 0.15) is 5.75 Å². The van der Waals surface area contributed by atoms with Gasteiger partial charge < -0.3 is 34.1 Å². The minimum atomic E-state index is -0.0527. The van der Waals surface area contributed by atoms with Crippen LogP contribution in [0.15, 0.2) is 60.7 Å². The van der Waals surface area contributed by atoms with Crippen LogP contribution in [0.1, 0.15) is 45.5 Å². The molecule has 2 unspecified atom stereocenters. The first-order valence-electron chi connectivity index (χ1n) is 15.1. The number of nitrogens with one attached hydrogen (secondary N) is 1. The molecule has 2 N–H and O–H groups in total. The van der Waals surface area contributed by atoms with Crippen molar-refractivity contribution in [2.45, 2.75) is 37.8 Å². The van der Waals surface area contributed by atoms with E-state index in [9.17, 15) is 5.11 Å². The maximum atomic E-state index is 11.1. The van der Waals surface area contributed by atoms with Crippen LogP contribution in [0.3, 0.4) is 0 Å². The molecule has 6 heterocycles. The molecule has 8 nitrogen and oxygen atoms in total. The van der Waals surface area contributed by atoms with E-state index in [1.807, 2.05) is 24.3 Å². The number of benzene rings is 4. The molecule has 6 aliphatic rings. The zero-order valence-corrected chi connectivity index (χ0v) is 25.6. The van der Waals surface area contributed by atoms with Gasteiger partial charge in [-0.3, -0.25) is 4.90 Å². The van der Waals surface area contributed by atoms with Crippen LogP contribution in [0.5, 0.6) is 46.0 Å². The fraction of sp³-hybridized carbons (Fsp3) is 0.333. The van der Waals surface area contributed by atoms with Crippen molar-refractivity contribution in [3.05, 3.63) is 94.0 Å². The molecule has 44 heavy (non-hydrogen) atoms. The highest BCUT2D eigenvalue weighted by Crippen LogP contribution is 2.51. The van der Waals surface area contributed by atoms with E-state index in [1.54, 1.807) is 21.3 Å². The van der Waals surface area contributed by atoms with E-state index in [0.29, 0.717) is 40.9 Å². The van der Waals surface area contributed by atoms with E-state index < -0.39 is 0 Å². The van der Waals surface area contributed by atoms with Crippen molar-refractivity contribution in [1.29, 1.82) is 0 Å². The van der Waals surface area contributed by atoms with Crippen LogP contribution in [0.2, 0.25) is 0 Å². The quantitative estimate of drug-likeness (QED) is 0.278. The third-order valence-electron chi connectivity index (χ3n) is 9.19. The van der Waals surface area contributed by atoms with Crippen LogP contribution >= 0.6 is 0 Å². The maximum Gasteiger partial charge on any atom is 0.204 e. The molecule has 0 aromatic heterocycles. The summed E-state index contributed by atoms with van der Waals surface area (Å²) >= 11 is 0. The molecule has 8 heteroatoms. The Balaban J connectivity index is 1.44. The van der Waals surface area contributed by atoms with Crippen LogP contribution in [0.25, 0.3) is 0 Å². The summed E-state index contributed by atoms with van der Waals surface area (Å²) in [5.74, 6) is 4.22. The second kappa shape index (κ2) is 11.6. The lowest BCUT2D eigenvalue weighted by atomic mass is 9.87. The third-order valence-corrected chi connectivity index (χ3v) is 9.19. The number of likely N-dealkylation sites (N-methyl/N-ethyl adjacent to an activating group) is 1. The number of phenols is 1. The number of hydrogen-bond donors (Lipinski definition) is 2. The van der Waals surface area contributed by atoms with Crippen LogP contribution in [-0.4, -0.2) is 51.5 Å². The van der Waals surface area contributed by atoms with E-state index in [1.165, 1.54) is 16.7 Å². The van der Waals surface area contributed by atoms with Gasteiger partial charge in [-0.2, -0.15) is 0 Å². The van der Waals surface area contributed by atoms with Gasteiger partial charge in [-0.05, 0) is 110 Å². The molecular formula is C36H38N2O6. The van der Waals surface area contributed by atoms with E-state index >= 15 is 0 Å². The molecule has 10 rings (SSSR count). The zero-order chi connectivity index (χ0) is 30.4. The summed E-state index contributed by atoms with van der Waals surface area (Å²) < 4.78 is 30.6. The van der Waals surface area contributed by atoms with Gasteiger partial charge in [0.25, 0.3) is 0 Å². The number of phenolic OH excluding ortho intramolecular Hbond substituents is 1. The number of methoxy groups -OCH3 is 3. The lowest BCUT2D eigenvalue weighted by Crippen LogP contribution is -2.34. The highest BCUT2D eigenvalue weighted by Gasteiger charge is 2.34. The van der Waals surface area contributed by atoms with Gasteiger partial charge in [-0.1, -0.05) is 18.2 Å². The number of rotatable bonds is 3. The van der Waals surface area contributed by atoms with Gasteiger partial charge in [0.15, 0.2) is 34.5 Å². The Bertz CT molecular complexity index is 1700. The second-order valence-corrected chi connectivity index (χ2v) is 11.8. The van der Waals surface area contributed by atoms with Gasteiger partial charge in [0.2, 0.25) is 5.75 Å². The van der Waals surface area contributed by atoms with Crippen LogP contribution in [-0.2, 0) is 25.7 Å². The van der Waals surface area contributed by atoms with Gasteiger partial charge in [-0.25, -0.2) is 0 Å². The molecule has 0 amide bonds. The molecule has 6 aliphatic heterocycles. The number of aromatic hydroxyl groups is 1. The van der Waals surface area contributed by atoms with E-state index in [2.05, 4.69) is 53.7 Å². The number of hydrogen-bond acceptors (Lipinski definition) is 8. The molecule has 0 spiro atoms. The SMILES string of the molecule is COc1ccc2cc1Oc1ccc(cc1)CC1NCCc3cc(c(OC)cc31)Oc1c(OC)c(O)cc3c1C(C2)N(C)CC3. The molecule has 0 saturated heterocycles. The number of ether oxygens (including phenoxy) is 5. The standard InChI is InChI=1S/C36H38N2O6/c1-38-14-12-24-18-29(39)35(42-4)36-34(24)28(38)16-22-7-10-30(40-2)32(17-22)43-25-8-5-21(6-9-25)15-27-26-20-31(41-3)33(44-36)19-23(26)11-13-37-27/h5-10,17-20,27-28,37,39H,11-16H2,1-4H3. The summed E-state index contributed by atoms with van der Waals surface area (Å²) in [4.78, 5) is 2.33.